The van der Waals surface area contributed by atoms with Gasteiger partial charge in [0.2, 0.25) is 5.91 Å². The number of imidazole rings is 1. The number of aromatic nitrogens is 2. The SMILES string of the molecule is NCC(=O)N1CCCC[C@H]1c1nc(-c2ccccc2)c[nH]1. The van der Waals surface area contributed by atoms with Gasteiger partial charge in [0.15, 0.2) is 0 Å². The Bertz CT molecular complexity index is 608. The van der Waals surface area contributed by atoms with Gasteiger partial charge >= 0.3 is 0 Å². The molecule has 1 amide bonds. The Labute approximate surface area is 124 Å². The molecule has 5 heteroatoms. The monoisotopic (exact) mass is 284 g/mol. The van der Waals surface area contributed by atoms with E-state index in [0.29, 0.717) is 0 Å². The first-order valence-electron chi connectivity index (χ1n) is 7.40. The van der Waals surface area contributed by atoms with Crippen molar-refractivity contribution in [2.45, 2.75) is 25.3 Å². The quantitative estimate of drug-likeness (QED) is 0.906. The Morgan fingerprint density at radius 2 is 2.14 bits per heavy atom. The maximum atomic E-state index is 12.0. The molecule has 21 heavy (non-hydrogen) atoms. The highest BCUT2D eigenvalue weighted by Crippen LogP contribution is 2.30. The Morgan fingerprint density at radius 1 is 1.33 bits per heavy atom. The molecule has 2 heterocycles. The minimum atomic E-state index is -0.00244. The molecule has 0 saturated carbocycles. The molecule has 1 aliphatic rings. The molecule has 0 radical (unpaired) electrons. The molecule has 0 spiro atoms. The summed E-state index contributed by atoms with van der Waals surface area (Å²) in [5, 5.41) is 0. The number of H-pyrrole nitrogens is 1. The van der Waals surface area contributed by atoms with E-state index in [1.54, 1.807) is 0 Å². The van der Waals surface area contributed by atoms with Gasteiger partial charge in [-0.1, -0.05) is 30.3 Å². The van der Waals surface area contributed by atoms with Gasteiger partial charge in [0.05, 0.1) is 18.3 Å². The van der Waals surface area contributed by atoms with Gasteiger partial charge in [-0.2, -0.15) is 0 Å². The lowest BCUT2D eigenvalue weighted by Gasteiger charge is -2.34. The fourth-order valence-corrected chi connectivity index (χ4v) is 2.90. The first kappa shape index (κ1) is 13.8. The number of carbonyl (C=O) groups excluding carboxylic acids is 1. The molecule has 1 atom stereocenters. The van der Waals surface area contributed by atoms with Crippen LogP contribution >= 0.6 is 0 Å². The van der Waals surface area contributed by atoms with Crippen molar-refractivity contribution in [1.82, 2.24) is 14.9 Å². The third kappa shape index (κ3) is 2.83. The zero-order valence-corrected chi connectivity index (χ0v) is 12.0. The number of rotatable bonds is 3. The molecule has 0 aliphatic carbocycles. The van der Waals surface area contributed by atoms with Crippen molar-refractivity contribution in [1.29, 1.82) is 0 Å². The van der Waals surface area contributed by atoms with Gasteiger partial charge in [-0.3, -0.25) is 4.79 Å². The molecule has 3 rings (SSSR count). The van der Waals surface area contributed by atoms with Crippen LogP contribution in [0.25, 0.3) is 11.3 Å². The fourth-order valence-electron chi connectivity index (χ4n) is 2.90. The number of aromatic amines is 1. The molecule has 1 saturated heterocycles. The molecule has 1 aliphatic heterocycles. The molecule has 2 aromatic rings. The maximum Gasteiger partial charge on any atom is 0.236 e. The lowest BCUT2D eigenvalue weighted by atomic mass is 10.0. The van der Waals surface area contributed by atoms with E-state index in [-0.39, 0.29) is 18.5 Å². The van der Waals surface area contributed by atoms with Gasteiger partial charge in [0, 0.05) is 18.3 Å². The number of hydrogen-bond donors (Lipinski definition) is 2. The summed E-state index contributed by atoms with van der Waals surface area (Å²) in [6.07, 6.45) is 4.99. The minimum absolute atomic E-state index is 0.00244. The first-order chi connectivity index (χ1) is 10.3. The Kier molecular flexibility index (Phi) is 4.01. The summed E-state index contributed by atoms with van der Waals surface area (Å²) in [7, 11) is 0. The van der Waals surface area contributed by atoms with Crippen LogP contribution in [-0.2, 0) is 4.79 Å². The van der Waals surface area contributed by atoms with Crippen molar-refractivity contribution in [3.63, 3.8) is 0 Å². The average molecular weight is 284 g/mol. The molecular weight excluding hydrogens is 264 g/mol. The Hall–Kier alpha value is -2.14. The van der Waals surface area contributed by atoms with Crippen LogP contribution in [0.1, 0.15) is 31.1 Å². The third-order valence-corrected chi connectivity index (χ3v) is 3.98. The van der Waals surface area contributed by atoms with Gasteiger partial charge in [-0.05, 0) is 19.3 Å². The number of amides is 1. The van der Waals surface area contributed by atoms with Crippen molar-refractivity contribution in [3.05, 3.63) is 42.4 Å². The Balaban J connectivity index is 1.86. The van der Waals surface area contributed by atoms with Crippen molar-refractivity contribution < 1.29 is 4.79 Å². The normalized spacial score (nSPS) is 18.7. The molecule has 3 N–H and O–H groups in total. The number of nitrogens with zero attached hydrogens (tertiary/aromatic N) is 2. The smallest absolute Gasteiger partial charge is 0.236 e. The van der Waals surface area contributed by atoms with Gasteiger partial charge < -0.3 is 15.6 Å². The summed E-state index contributed by atoms with van der Waals surface area (Å²) in [6, 6.07) is 10.1. The van der Waals surface area contributed by atoms with Crippen LogP contribution in [0.5, 0.6) is 0 Å². The minimum Gasteiger partial charge on any atom is -0.346 e. The van der Waals surface area contributed by atoms with Crippen LogP contribution in [0.2, 0.25) is 0 Å². The van der Waals surface area contributed by atoms with E-state index < -0.39 is 0 Å². The van der Waals surface area contributed by atoms with E-state index in [4.69, 9.17) is 5.73 Å². The summed E-state index contributed by atoms with van der Waals surface area (Å²) in [4.78, 5) is 21.8. The molecular formula is C16H20N4O. The summed E-state index contributed by atoms with van der Waals surface area (Å²) in [5.74, 6) is 0.854. The molecule has 110 valence electrons. The van der Waals surface area contributed by atoms with Crippen molar-refractivity contribution in [2.75, 3.05) is 13.1 Å². The lowest BCUT2D eigenvalue weighted by molar-refractivity contribution is -0.133. The average Bonchev–Trinajstić information content (AvgIpc) is 3.05. The van der Waals surface area contributed by atoms with Gasteiger partial charge in [0.25, 0.3) is 0 Å². The summed E-state index contributed by atoms with van der Waals surface area (Å²) < 4.78 is 0. The van der Waals surface area contributed by atoms with Crippen LogP contribution < -0.4 is 5.73 Å². The number of benzene rings is 1. The van der Waals surface area contributed by atoms with Crippen molar-refractivity contribution in [3.8, 4) is 11.3 Å². The van der Waals surface area contributed by atoms with E-state index >= 15 is 0 Å². The van der Waals surface area contributed by atoms with E-state index in [1.807, 2.05) is 41.4 Å². The highest BCUT2D eigenvalue weighted by molar-refractivity contribution is 5.78. The van der Waals surface area contributed by atoms with E-state index in [0.717, 1.165) is 42.9 Å². The van der Waals surface area contributed by atoms with Crippen LogP contribution in [0.15, 0.2) is 36.5 Å². The number of piperidine rings is 1. The predicted molar refractivity (Wildman–Crippen MR) is 81.4 cm³/mol. The third-order valence-electron chi connectivity index (χ3n) is 3.98. The second kappa shape index (κ2) is 6.10. The lowest BCUT2D eigenvalue weighted by Crippen LogP contribution is -2.42. The highest BCUT2D eigenvalue weighted by atomic mass is 16.2. The standard InChI is InChI=1S/C16H20N4O/c17-10-15(21)20-9-5-4-8-14(20)16-18-11-13(19-16)12-6-2-1-3-7-12/h1-3,6-7,11,14H,4-5,8-10,17H2,(H,18,19)/t14-/m0/s1. The van der Waals surface area contributed by atoms with Crippen LogP contribution in [0.4, 0.5) is 0 Å². The Morgan fingerprint density at radius 3 is 2.90 bits per heavy atom. The second-order valence-corrected chi connectivity index (χ2v) is 5.34. The largest absolute Gasteiger partial charge is 0.346 e. The van der Waals surface area contributed by atoms with Gasteiger partial charge in [0.1, 0.15) is 5.82 Å². The fraction of sp³-hybridized carbons (Fsp3) is 0.375. The van der Waals surface area contributed by atoms with Crippen LogP contribution in [0, 0.1) is 0 Å². The maximum absolute atomic E-state index is 12.0. The zero-order valence-electron chi connectivity index (χ0n) is 12.0. The second-order valence-electron chi connectivity index (χ2n) is 5.34. The van der Waals surface area contributed by atoms with Gasteiger partial charge in [-0.15, -0.1) is 0 Å². The first-order valence-corrected chi connectivity index (χ1v) is 7.40. The van der Waals surface area contributed by atoms with E-state index in [1.165, 1.54) is 0 Å². The van der Waals surface area contributed by atoms with E-state index in [9.17, 15) is 4.79 Å². The van der Waals surface area contributed by atoms with Crippen molar-refractivity contribution >= 4 is 5.91 Å². The number of likely N-dealkylation sites (tertiary alicyclic amines) is 1. The number of nitrogens with one attached hydrogen (secondary N) is 1. The molecule has 0 unspecified atom stereocenters. The molecule has 1 aromatic carbocycles. The zero-order chi connectivity index (χ0) is 14.7. The number of hydrogen-bond acceptors (Lipinski definition) is 3. The number of nitrogens with two attached hydrogens (primary N) is 1. The summed E-state index contributed by atoms with van der Waals surface area (Å²) >= 11 is 0. The molecule has 5 nitrogen and oxygen atoms in total. The van der Waals surface area contributed by atoms with Crippen LogP contribution in [0.3, 0.4) is 0 Å². The van der Waals surface area contributed by atoms with Gasteiger partial charge in [-0.25, -0.2) is 4.98 Å². The predicted octanol–water partition coefficient (Wildman–Crippen LogP) is 2.09. The molecule has 1 fully saturated rings. The van der Waals surface area contributed by atoms with E-state index in [2.05, 4.69) is 9.97 Å². The summed E-state index contributed by atoms with van der Waals surface area (Å²) in [5.41, 5.74) is 7.51. The highest BCUT2D eigenvalue weighted by Gasteiger charge is 2.29. The van der Waals surface area contributed by atoms with Crippen molar-refractivity contribution in [2.24, 2.45) is 5.73 Å². The molecule has 0 bridgehead atoms. The summed E-state index contributed by atoms with van der Waals surface area (Å²) in [6.45, 7) is 0.824. The van der Waals surface area contributed by atoms with Crippen LogP contribution in [-0.4, -0.2) is 33.9 Å². The molecule has 1 aromatic heterocycles. The number of carbonyl (C=O) groups is 1. The topological polar surface area (TPSA) is 75.0 Å².